The number of carbonyl (C=O) groups is 2. The molecule has 0 saturated carbocycles. The molecule has 3 atom stereocenters. The van der Waals surface area contributed by atoms with Crippen LogP contribution in [0.3, 0.4) is 0 Å². The van der Waals surface area contributed by atoms with Gasteiger partial charge in [-0.25, -0.2) is 0 Å². The summed E-state index contributed by atoms with van der Waals surface area (Å²) in [5.74, 6) is -1.18. The number of amides is 1. The summed E-state index contributed by atoms with van der Waals surface area (Å²) in [5, 5.41) is 9.10. The summed E-state index contributed by atoms with van der Waals surface area (Å²) in [7, 11) is 0. The van der Waals surface area contributed by atoms with Gasteiger partial charge in [-0.15, -0.1) is 0 Å². The van der Waals surface area contributed by atoms with Crippen molar-refractivity contribution in [1.82, 2.24) is 4.90 Å². The second-order valence-corrected chi connectivity index (χ2v) is 5.69. The van der Waals surface area contributed by atoms with E-state index in [0.717, 1.165) is 19.4 Å². The summed E-state index contributed by atoms with van der Waals surface area (Å²) in [6, 6.07) is -0.214. The van der Waals surface area contributed by atoms with Crippen LogP contribution in [0.25, 0.3) is 0 Å². The standard InChI is InChI=1S/C13H21NO4/c1-9-10(11(15)16)4-6-14(9)12(17)13(2)5-3-7-18-8-13/h9-10H,3-8H2,1-2H3,(H,15,16). The maximum Gasteiger partial charge on any atom is 0.308 e. The predicted molar refractivity (Wildman–Crippen MR) is 65.1 cm³/mol. The van der Waals surface area contributed by atoms with E-state index >= 15 is 0 Å². The van der Waals surface area contributed by atoms with E-state index in [4.69, 9.17) is 9.84 Å². The Morgan fingerprint density at radius 1 is 1.44 bits per heavy atom. The Hall–Kier alpha value is -1.10. The minimum Gasteiger partial charge on any atom is -0.481 e. The van der Waals surface area contributed by atoms with Crippen molar-refractivity contribution in [3.63, 3.8) is 0 Å². The van der Waals surface area contributed by atoms with Gasteiger partial charge in [0.1, 0.15) is 0 Å². The zero-order chi connectivity index (χ0) is 13.3. The maximum atomic E-state index is 12.6. The molecule has 3 unspecified atom stereocenters. The molecule has 2 rings (SSSR count). The van der Waals surface area contributed by atoms with Crippen LogP contribution in [0.15, 0.2) is 0 Å². The van der Waals surface area contributed by atoms with E-state index in [1.165, 1.54) is 0 Å². The first-order valence-electron chi connectivity index (χ1n) is 6.57. The van der Waals surface area contributed by atoms with Gasteiger partial charge < -0.3 is 14.7 Å². The number of hydrogen-bond donors (Lipinski definition) is 1. The van der Waals surface area contributed by atoms with Crippen molar-refractivity contribution in [2.24, 2.45) is 11.3 Å². The molecule has 5 heteroatoms. The van der Waals surface area contributed by atoms with Gasteiger partial charge in [0.25, 0.3) is 0 Å². The SMILES string of the molecule is CC1C(C(=O)O)CCN1C(=O)C1(C)CCCOC1. The summed E-state index contributed by atoms with van der Waals surface area (Å²) in [6.45, 7) is 5.47. The molecule has 0 aromatic heterocycles. The highest BCUT2D eigenvalue weighted by molar-refractivity contribution is 5.84. The topological polar surface area (TPSA) is 66.8 Å². The third kappa shape index (κ3) is 2.23. The number of carboxylic acids is 1. The Morgan fingerprint density at radius 2 is 2.17 bits per heavy atom. The molecule has 2 heterocycles. The first-order chi connectivity index (χ1) is 8.46. The molecule has 0 spiro atoms. The van der Waals surface area contributed by atoms with Crippen molar-refractivity contribution in [3.8, 4) is 0 Å². The van der Waals surface area contributed by atoms with Crippen LogP contribution in [0.2, 0.25) is 0 Å². The Bertz CT molecular complexity index is 349. The Morgan fingerprint density at radius 3 is 2.67 bits per heavy atom. The molecule has 0 aromatic carbocycles. The van der Waals surface area contributed by atoms with Crippen LogP contribution in [0.5, 0.6) is 0 Å². The Kier molecular flexibility index (Phi) is 3.61. The van der Waals surface area contributed by atoms with Crippen LogP contribution < -0.4 is 0 Å². The van der Waals surface area contributed by atoms with E-state index in [0.29, 0.717) is 19.6 Å². The molecule has 18 heavy (non-hydrogen) atoms. The van der Waals surface area contributed by atoms with Gasteiger partial charge in [0.15, 0.2) is 0 Å². The molecule has 5 nitrogen and oxygen atoms in total. The van der Waals surface area contributed by atoms with E-state index in [1.807, 2.05) is 13.8 Å². The van der Waals surface area contributed by atoms with Gasteiger partial charge in [-0.3, -0.25) is 9.59 Å². The van der Waals surface area contributed by atoms with Crippen molar-refractivity contribution in [3.05, 3.63) is 0 Å². The normalized spacial score (nSPS) is 36.7. The second kappa shape index (κ2) is 4.88. The Labute approximate surface area is 107 Å². The zero-order valence-corrected chi connectivity index (χ0v) is 11.0. The van der Waals surface area contributed by atoms with Gasteiger partial charge in [0.05, 0.1) is 17.9 Å². The fourth-order valence-electron chi connectivity index (χ4n) is 3.01. The van der Waals surface area contributed by atoms with Crippen molar-refractivity contribution in [1.29, 1.82) is 0 Å². The van der Waals surface area contributed by atoms with Crippen LogP contribution in [-0.4, -0.2) is 47.7 Å². The number of nitrogens with zero attached hydrogens (tertiary/aromatic N) is 1. The first-order valence-corrected chi connectivity index (χ1v) is 6.57. The highest BCUT2D eigenvalue weighted by atomic mass is 16.5. The minimum absolute atomic E-state index is 0.0541. The fraction of sp³-hybridized carbons (Fsp3) is 0.846. The van der Waals surface area contributed by atoms with Crippen molar-refractivity contribution in [2.75, 3.05) is 19.8 Å². The molecule has 0 aromatic rings. The van der Waals surface area contributed by atoms with Gasteiger partial charge in [-0.2, -0.15) is 0 Å². The van der Waals surface area contributed by atoms with Gasteiger partial charge in [0.2, 0.25) is 5.91 Å². The van der Waals surface area contributed by atoms with Crippen LogP contribution in [0.1, 0.15) is 33.1 Å². The number of aliphatic carboxylic acids is 1. The maximum absolute atomic E-state index is 12.6. The van der Waals surface area contributed by atoms with Gasteiger partial charge in [-0.1, -0.05) is 0 Å². The van der Waals surface area contributed by atoms with E-state index in [-0.39, 0.29) is 11.9 Å². The molecule has 2 saturated heterocycles. The van der Waals surface area contributed by atoms with Crippen molar-refractivity contribution < 1.29 is 19.4 Å². The molecule has 0 bridgehead atoms. The highest BCUT2D eigenvalue weighted by Crippen LogP contribution is 2.34. The molecule has 2 fully saturated rings. The Balaban J connectivity index is 2.08. The van der Waals surface area contributed by atoms with E-state index < -0.39 is 17.3 Å². The van der Waals surface area contributed by atoms with Crippen molar-refractivity contribution in [2.45, 2.75) is 39.2 Å². The average Bonchev–Trinajstić information content (AvgIpc) is 2.71. The molecule has 2 aliphatic rings. The number of likely N-dealkylation sites (tertiary alicyclic amines) is 1. The number of hydrogen-bond acceptors (Lipinski definition) is 3. The number of rotatable bonds is 2. The third-order valence-corrected chi connectivity index (χ3v) is 4.29. The second-order valence-electron chi connectivity index (χ2n) is 5.69. The van der Waals surface area contributed by atoms with E-state index in [9.17, 15) is 9.59 Å². The number of carboxylic acid groups (broad SMARTS) is 1. The van der Waals surface area contributed by atoms with E-state index in [1.54, 1.807) is 4.90 Å². The molecular weight excluding hydrogens is 234 g/mol. The van der Waals surface area contributed by atoms with Crippen LogP contribution >= 0.6 is 0 Å². The van der Waals surface area contributed by atoms with Crippen LogP contribution in [-0.2, 0) is 14.3 Å². The average molecular weight is 255 g/mol. The molecule has 0 radical (unpaired) electrons. The smallest absolute Gasteiger partial charge is 0.308 e. The van der Waals surface area contributed by atoms with Crippen LogP contribution in [0, 0.1) is 11.3 Å². The highest BCUT2D eigenvalue weighted by Gasteiger charge is 2.45. The predicted octanol–water partition coefficient (Wildman–Crippen LogP) is 1.12. The minimum atomic E-state index is -0.803. The lowest BCUT2D eigenvalue weighted by atomic mass is 9.83. The molecule has 1 N–H and O–H groups in total. The zero-order valence-electron chi connectivity index (χ0n) is 11.0. The number of carbonyl (C=O) groups excluding carboxylic acids is 1. The largest absolute Gasteiger partial charge is 0.481 e. The molecule has 1 amide bonds. The summed E-state index contributed by atoms with van der Waals surface area (Å²) < 4.78 is 5.41. The van der Waals surface area contributed by atoms with Crippen molar-refractivity contribution >= 4 is 11.9 Å². The first kappa shape index (κ1) is 13.3. The molecule has 2 aliphatic heterocycles. The van der Waals surface area contributed by atoms with Crippen LogP contribution in [0.4, 0.5) is 0 Å². The monoisotopic (exact) mass is 255 g/mol. The molecular formula is C13H21NO4. The van der Waals surface area contributed by atoms with Gasteiger partial charge in [-0.05, 0) is 33.1 Å². The fourth-order valence-corrected chi connectivity index (χ4v) is 3.01. The third-order valence-electron chi connectivity index (χ3n) is 4.29. The molecule has 0 aliphatic carbocycles. The summed E-state index contributed by atoms with van der Waals surface area (Å²) in [4.78, 5) is 25.4. The summed E-state index contributed by atoms with van der Waals surface area (Å²) >= 11 is 0. The lowest BCUT2D eigenvalue weighted by molar-refractivity contribution is -0.150. The molecule has 102 valence electrons. The van der Waals surface area contributed by atoms with Gasteiger partial charge >= 0.3 is 5.97 Å². The number of ether oxygens (including phenoxy) is 1. The summed E-state index contributed by atoms with van der Waals surface area (Å²) in [6.07, 6.45) is 2.28. The lowest BCUT2D eigenvalue weighted by Crippen LogP contribution is -2.49. The quantitative estimate of drug-likeness (QED) is 0.803. The lowest BCUT2D eigenvalue weighted by Gasteiger charge is -2.37. The van der Waals surface area contributed by atoms with E-state index in [2.05, 4.69) is 0 Å². The summed E-state index contributed by atoms with van der Waals surface area (Å²) in [5.41, 5.74) is -0.472. The van der Waals surface area contributed by atoms with Gasteiger partial charge in [0, 0.05) is 19.2 Å².